The number of aryl methyl sites for hydroxylation is 2. The van der Waals surface area contributed by atoms with E-state index in [1.165, 1.54) is 7.11 Å². The summed E-state index contributed by atoms with van der Waals surface area (Å²) in [5.41, 5.74) is 3.02. The van der Waals surface area contributed by atoms with Gasteiger partial charge in [0.2, 0.25) is 10.0 Å². The van der Waals surface area contributed by atoms with Crippen molar-refractivity contribution < 1.29 is 17.9 Å². The van der Waals surface area contributed by atoms with Gasteiger partial charge < -0.3 is 9.47 Å². The fourth-order valence-corrected chi connectivity index (χ4v) is 3.56. The molecule has 0 saturated heterocycles. The molecule has 0 aliphatic carbocycles. The van der Waals surface area contributed by atoms with Crippen LogP contribution in [0.5, 0.6) is 11.5 Å². The Morgan fingerprint density at radius 3 is 2.26 bits per heavy atom. The van der Waals surface area contributed by atoms with Gasteiger partial charge in [-0.15, -0.1) is 0 Å². The van der Waals surface area contributed by atoms with E-state index in [-0.39, 0.29) is 5.75 Å². The van der Waals surface area contributed by atoms with Crippen molar-refractivity contribution in [1.29, 1.82) is 0 Å². The Bertz CT molecular complexity index is 800. The summed E-state index contributed by atoms with van der Waals surface area (Å²) in [6.07, 6.45) is 0. The van der Waals surface area contributed by atoms with Gasteiger partial charge in [-0.2, -0.15) is 0 Å². The SMILES string of the molecule is COc1cc(C)c(NS(=O)(=O)Cc2cccc(C)c2)cc1OC. The van der Waals surface area contributed by atoms with Gasteiger partial charge in [0.15, 0.2) is 11.5 Å². The van der Waals surface area contributed by atoms with Crippen LogP contribution >= 0.6 is 0 Å². The van der Waals surface area contributed by atoms with E-state index in [0.717, 1.165) is 16.7 Å². The van der Waals surface area contributed by atoms with Crippen LogP contribution in [-0.2, 0) is 15.8 Å². The van der Waals surface area contributed by atoms with Gasteiger partial charge >= 0.3 is 0 Å². The fraction of sp³-hybridized carbons (Fsp3) is 0.294. The summed E-state index contributed by atoms with van der Waals surface area (Å²) < 4.78 is 37.9. The molecule has 2 rings (SSSR count). The van der Waals surface area contributed by atoms with Crippen LogP contribution in [-0.4, -0.2) is 22.6 Å². The van der Waals surface area contributed by atoms with Crippen molar-refractivity contribution in [1.82, 2.24) is 0 Å². The number of nitrogens with one attached hydrogen (secondary N) is 1. The molecule has 0 saturated carbocycles. The van der Waals surface area contributed by atoms with E-state index < -0.39 is 10.0 Å². The quantitative estimate of drug-likeness (QED) is 0.880. The summed E-state index contributed by atoms with van der Waals surface area (Å²) in [6, 6.07) is 10.8. The zero-order chi connectivity index (χ0) is 17.0. The van der Waals surface area contributed by atoms with Crippen molar-refractivity contribution in [2.45, 2.75) is 19.6 Å². The van der Waals surface area contributed by atoms with Gasteiger partial charge in [0.1, 0.15) is 0 Å². The third-order valence-corrected chi connectivity index (χ3v) is 4.68. The van der Waals surface area contributed by atoms with E-state index in [2.05, 4.69) is 4.72 Å². The minimum Gasteiger partial charge on any atom is -0.493 e. The maximum atomic E-state index is 12.4. The largest absolute Gasteiger partial charge is 0.493 e. The van der Waals surface area contributed by atoms with Crippen molar-refractivity contribution in [3.8, 4) is 11.5 Å². The summed E-state index contributed by atoms with van der Waals surface area (Å²) in [5.74, 6) is 0.959. The molecular weight excluding hydrogens is 314 g/mol. The first-order valence-electron chi connectivity index (χ1n) is 7.13. The molecule has 0 spiro atoms. The minimum atomic E-state index is -3.52. The average molecular weight is 335 g/mol. The van der Waals surface area contributed by atoms with Gasteiger partial charge in [-0.05, 0) is 31.0 Å². The third kappa shape index (κ3) is 4.39. The molecule has 0 aromatic heterocycles. The predicted molar refractivity (Wildman–Crippen MR) is 91.7 cm³/mol. The highest BCUT2D eigenvalue weighted by molar-refractivity contribution is 7.91. The highest BCUT2D eigenvalue weighted by Crippen LogP contribution is 2.33. The minimum absolute atomic E-state index is 0.0809. The highest BCUT2D eigenvalue weighted by atomic mass is 32.2. The highest BCUT2D eigenvalue weighted by Gasteiger charge is 2.16. The van der Waals surface area contributed by atoms with E-state index in [1.54, 1.807) is 25.3 Å². The molecule has 1 N–H and O–H groups in total. The summed E-state index contributed by atoms with van der Waals surface area (Å²) in [7, 11) is -0.465. The molecule has 0 heterocycles. The summed E-state index contributed by atoms with van der Waals surface area (Å²) in [6.45, 7) is 3.74. The lowest BCUT2D eigenvalue weighted by atomic mass is 10.2. The first-order chi connectivity index (χ1) is 10.8. The second-order valence-electron chi connectivity index (χ2n) is 5.37. The maximum absolute atomic E-state index is 12.4. The Hall–Kier alpha value is -2.21. The fourth-order valence-electron chi connectivity index (χ4n) is 2.32. The van der Waals surface area contributed by atoms with Gasteiger partial charge in [0, 0.05) is 6.07 Å². The van der Waals surface area contributed by atoms with Crippen LogP contribution in [0.15, 0.2) is 36.4 Å². The molecular formula is C17H21NO4S. The summed E-state index contributed by atoms with van der Waals surface area (Å²) in [4.78, 5) is 0. The van der Waals surface area contributed by atoms with E-state index in [9.17, 15) is 8.42 Å². The van der Waals surface area contributed by atoms with Gasteiger partial charge in [-0.25, -0.2) is 8.42 Å². The van der Waals surface area contributed by atoms with E-state index in [0.29, 0.717) is 17.2 Å². The lowest BCUT2D eigenvalue weighted by Gasteiger charge is -2.14. The Morgan fingerprint density at radius 1 is 1.00 bits per heavy atom. The molecule has 0 aliphatic rings. The number of hydrogen-bond acceptors (Lipinski definition) is 4. The first-order valence-corrected chi connectivity index (χ1v) is 8.78. The second kappa shape index (κ2) is 6.91. The Morgan fingerprint density at radius 2 is 1.65 bits per heavy atom. The Balaban J connectivity index is 2.26. The number of rotatable bonds is 6. The second-order valence-corrected chi connectivity index (χ2v) is 7.09. The molecule has 124 valence electrons. The average Bonchev–Trinajstić information content (AvgIpc) is 2.48. The monoisotopic (exact) mass is 335 g/mol. The molecule has 23 heavy (non-hydrogen) atoms. The maximum Gasteiger partial charge on any atom is 0.236 e. The number of ether oxygens (including phenoxy) is 2. The molecule has 0 unspecified atom stereocenters. The van der Waals surface area contributed by atoms with Gasteiger partial charge in [-0.1, -0.05) is 29.8 Å². The van der Waals surface area contributed by atoms with Crippen LogP contribution in [0.3, 0.4) is 0 Å². The number of benzene rings is 2. The molecule has 0 fully saturated rings. The van der Waals surface area contributed by atoms with Crippen molar-refractivity contribution in [2.75, 3.05) is 18.9 Å². The predicted octanol–water partition coefficient (Wildman–Crippen LogP) is 3.26. The van der Waals surface area contributed by atoms with Crippen LogP contribution in [0.25, 0.3) is 0 Å². The summed E-state index contributed by atoms with van der Waals surface area (Å²) in [5, 5.41) is 0. The smallest absolute Gasteiger partial charge is 0.236 e. The lowest BCUT2D eigenvalue weighted by molar-refractivity contribution is 0.355. The molecule has 5 nitrogen and oxygen atoms in total. The number of sulfonamides is 1. The van der Waals surface area contributed by atoms with Crippen molar-refractivity contribution in [3.63, 3.8) is 0 Å². The van der Waals surface area contributed by atoms with Crippen LogP contribution in [0.4, 0.5) is 5.69 Å². The van der Waals surface area contributed by atoms with E-state index >= 15 is 0 Å². The van der Waals surface area contributed by atoms with Crippen molar-refractivity contribution >= 4 is 15.7 Å². The molecule has 6 heteroatoms. The molecule has 2 aromatic carbocycles. The van der Waals surface area contributed by atoms with Crippen molar-refractivity contribution in [3.05, 3.63) is 53.1 Å². The van der Waals surface area contributed by atoms with E-state index in [1.807, 2.05) is 32.0 Å². The molecule has 0 radical (unpaired) electrons. The van der Waals surface area contributed by atoms with Crippen LogP contribution in [0.2, 0.25) is 0 Å². The topological polar surface area (TPSA) is 64.6 Å². The molecule has 2 aromatic rings. The lowest BCUT2D eigenvalue weighted by Crippen LogP contribution is -2.16. The molecule has 0 bridgehead atoms. The summed E-state index contributed by atoms with van der Waals surface area (Å²) >= 11 is 0. The zero-order valence-electron chi connectivity index (χ0n) is 13.7. The Kier molecular flexibility index (Phi) is 5.15. The molecule has 0 atom stereocenters. The van der Waals surface area contributed by atoms with Crippen LogP contribution < -0.4 is 14.2 Å². The number of methoxy groups -OCH3 is 2. The third-order valence-electron chi connectivity index (χ3n) is 3.44. The normalized spacial score (nSPS) is 11.1. The van der Waals surface area contributed by atoms with Crippen LogP contribution in [0, 0.1) is 13.8 Å². The number of anilines is 1. The zero-order valence-corrected chi connectivity index (χ0v) is 14.5. The molecule has 0 amide bonds. The van der Waals surface area contributed by atoms with Gasteiger partial charge in [-0.3, -0.25) is 4.72 Å². The van der Waals surface area contributed by atoms with Gasteiger partial charge in [0.05, 0.1) is 25.7 Å². The van der Waals surface area contributed by atoms with Crippen molar-refractivity contribution in [2.24, 2.45) is 0 Å². The van der Waals surface area contributed by atoms with E-state index in [4.69, 9.17) is 9.47 Å². The van der Waals surface area contributed by atoms with Gasteiger partial charge in [0.25, 0.3) is 0 Å². The number of hydrogen-bond donors (Lipinski definition) is 1. The van der Waals surface area contributed by atoms with Crippen LogP contribution in [0.1, 0.15) is 16.7 Å². The standard InChI is InChI=1S/C17H21NO4S/c1-12-6-5-7-14(8-12)11-23(19,20)18-15-10-17(22-4)16(21-3)9-13(15)2/h5-10,18H,11H2,1-4H3. The Labute approximate surface area is 137 Å². The first kappa shape index (κ1) is 17.1. The molecule has 0 aliphatic heterocycles.